The molecule has 0 radical (unpaired) electrons. The van der Waals surface area contributed by atoms with Crippen molar-refractivity contribution in [2.45, 2.75) is 38.5 Å². The second-order valence-electron chi connectivity index (χ2n) is 7.31. The number of carboxylic acids is 1. The first-order valence-corrected chi connectivity index (χ1v) is 10.2. The average Bonchev–Trinajstić information content (AvgIpc) is 2.54. The maximum absolute atomic E-state index is 13.1. The summed E-state index contributed by atoms with van der Waals surface area (Å²) in [6, 6.07) is 4.39. The van der Waals surface area contributed by atoms with E-state index in [-0.39, 0.29) is 16.4 Å². The molecule has 1 heterocycles. The summed E-state index contributed by atoms with van der Waals surface area (Å²) in [7, 11) is -3.70. The molecule has 0 aliphatic carbocycles. The molecule has 0 spiro atoms. The van der Waals surface area contributed by atoms with E-state index in [1.807, 2.05) is 13.8 Å². The van der Waals surface area contributed by atoms with E-state index >= 15 is 0 Å². The fraction of sp³-hybridized carbons (Fsp3) is 0.611. The molecule has 25 heavy (non-hydrogen) atoms. The third-order valence-electron chi connectivity index (χ3n) is 4.45. The highest BCUT2D eigenvalue weighted by molar-refractivity contribution is 7.89. The number of benzene rings is 1. The zero-order valence-electron chi connectivity index (χ0n) is 15.4. The van der Waals surface area contributed by atoms with E-state index in [2.05, 4.69) is 18.7 Å². The van der Waals surface area contributed by atoms with Gasteiger partial charge >= 0.3 is 5.97 Å². The van der Waals surface area contributed by atoms with Gasteiger partial charge in [0.15, 0.2) is 0 Å². The van der Waals surface area contributed by atoms with Crippen LogP contribution in [0, 0.1) is 5.92 Å². The molecule has 0 aromatic heterocycles. The van der Waals surface area contributed by atoms with Crippen LogP contribution < -0.4 is 0 Å². The summed E-state index contributed by atoms with van der Waals surface area (Å²) in [4.78, 5) is 13.7. The Hall–Kier alpha value is -1.44. The number of rotatable bonds is 6. The second kappa shape index (κ2) is 7.85. The van der Waals surface area contributed by atoms with Crippen LogP contribution in [0.2, 0.25) is 0 Å². The molecule has 1 aromatic carbocycles. The van der Waals surface area contributed by atoms with Gasteiger partial charge in [-0.2, -0.15) is 4.31 Å². The van der Waals surface area contributed by atoms with Gasteiger partial charge in [-0.15, -0.1) is 0 Å². The van der Waals surface area contributed by atoms with Crippen molar-refractivity contribution >= 4 is 16.0 Å². The molecule has 6 nitrogen and oxygen atoms in total. The highest BCUT2D eigenvalue weighted by atomic mass is 32.2. The van der Waals surface area contributed by atoms with Gasteiger partial charge < -0.3 is 10.0 Å². The first kappa shape index (κ1) is 19.9. The first-order valence-electron chi connectivity index (χ1n) is 8.72. The molecule has 0 atom stereocenters. The van der Waals surface area contributed by atoms with Gasteiger partial charge in [0.05, 0.1) is 10.5 Å². The maximum atomic E-state index is 13.1. The smallest absolute Gasteiger partial charge is 0.335 e. The second-order valence-corrected chi connectivity index (χ2v) is 9.22. The highest BCUT2D eigenvalue weighted by Crippen LogP contribution is 2.28. The summed E-state index contributed by atoms with van der Waals surface area (Å²) in [6.45, 7) is 11.4. The molecule has 7 heteroatoms. The van der Waals surface area contributed by atoms with Crippen LogP contribution in [0.1, 0.15) is 49.5 Å². The minimum atomic E-state index is -3.70. The lowest BCUT2D eigenvalue weighted by Crippen LogP contribution is -2.49. The van der Waals surface area contributed by atoms with Crippen molar-refractivity contribution in [1.29, 1.82) is 0 Å². The number of aromatic carboxylic acids is 1. The number of nitrogens with zero attached hydrogens (tertiary/aromatic N) is 2. The summed E-state index contributed by atoms with van der Waals surface area (Å²) < 4.78 is 27.7. The van der Waals surface area contributed by atoms with Crippen LogP contribution in [-0.4, -0.2) is 61.4 Å². The van der Waals surface area contributed by atoms with Gasteiger partial charge in [-0.05, 0) is 29.5 Å². The van der Waals surface area contributed by atoms with Crippen LogP contribution in [-0.2, 0) is 10.0 Å². The predicted molar refractivity (Wildman–Crippen MR) is 97.5 cm³/mol. The number of sulfonamides is 1. The predicted octanol–water partition coefficient (Wildman–Crippen LogP) is 2.47. The molecule has 1 aliphatic heterocycles. The van der Waals surface area contributed by atoms with Crippen LogP contribution in [0.3, 0.4) is 0 Å². The Bertz CT molecular complexity index is 721. The van der Waals surface area contributed by atoms with Crippen molar-refractivity contribution in [3.8, 4) is 0 Å². The van der Waals surface area contributed by atoms with Crippen LogP contribution in [0.15, 0.2) is 23.1 Å². The summed E-state index contributed by atoms with van der Waals surface area (Å²) in [5.41, 5.74) is 0.663. The molecule has 0 amide bonds. The Morgan fingerprint density at radius 3 is 2.20 bits per heavy atom. The fourth-order valence-electron chi connectivity index (χ4n) is 3.18. The van der Waals surface area contributed by atoms with Gasteiger partial charge in [-0.1, -0.05) is 33.8 Å². The molecule has 1 aromatic rings. The van der Waals surface area contributed by atoms with E-state index in [0.29, 0.717) is 37.7 Å². The number of carboxylic acid groups (broad SMARTS) is 1. The van der Waals surface area contributed by atoms with Crippen molar-refractivity contribution in [3.63, 3.8) is 0 Å². The first-order chi connectivity index (χ1) is 11.6. The Balaban J connectivity index is 2.30. The van der Waals surface area contributed by atoms with Crippen LogP contribution in [0.5, 0.6) is 0 Å². The van der Waals surface area contributed by atoms with Gasteiger partial charge in [-0.25, -0.2) is 13.2 Å². The third kappa shape index (κ3) is 4.59. The minimum Gasteiger partial charge on any atom is -0.478 e. The number of hydrogen-bond donors (Lipinski definition) is 1. The zero-order valence-corrected chi connectivity index (χ0v) is 16.2. The monoisotopic (exact) mass is 368 g/mol. The molecule has 140 valence electrons. The van der Waals surface area contributed by atoms with Gasteiger partial charge in [0, 0.05) is 32.7 Å². The van der Waals surface area contributed by atoms with Crippen molar-refractivity contribution in [3.05, 3.63) is 29.3 Å². The van der Waals surface area contributed by atoms with Crippen molar-refractivity contribution in [1.82, 2.24) is 9.21 Å². The van der Waals surface area contributed by atoms with Crippen LogP contribution in [0.4, 0.5) is 0 Å². The van der Waals surface area contributed by atoms with Gasteiger partial charge in [0.2, 0.25) is 10.0 Å². The Morgan fingerprint density at radius 2 is 1.72 bits per heavy atom. The molecule has 1 fully saturated rings. The van der Waals surface area contributed by atoms with E-state index in [4.69, 9.17) is 0 Å². The lowest BCUT2D eigenvalue weighted by atomic mass is 10.0. The van der Waals surface area contributed by atoms with E-state index in [0.717, 1.165) is 6.54 Å². The summed E-state index contributed by atoms with van der Waals surface area (Å²) in [5.74, 6) is -0.577. The molecule has 0 saturated carbocycles. The van der Waals surface area contributed by atoms with E-state index in [1.165, 1.54) is 16.4 Å². The minimum absolute atomic E-state index is 0.00131. The van der Waals surface area contributed by atoms with Crippen molar-refractivity contribution in [2.24, 2.45) is 5.92 Å². The summed E-state index contributed by atoms with van der Waals surface area (Å²) in [5, 5.41) is 9.22. The number of piperazine rings is 1. The van der Waals surface area contributed by atoms with Gasteiger partial charge in [0.25, 0.3) is 0 Å². The standard InChI is InChI=1S/C18H28N2O4S/c1-13(2)12-19-7-9-20(10-8-19)25(23,24)17-11-15(18(21)22)5-6-16(17)14(3)4/h5-6,11,13-14H,7-10,12H2,1-4H3,(H,21,22). The molecular formula is C18H28N2O4S. The van der Waals surface area contributed by atoms with E-state index in [9.17, 15) is 18.3 Å². The molecule has 2 rings (SSSR count). The van der Waals surface area contributed by atoms with Gasteiger partial charge in [-0.3, -0.25) is 0 Å². The average molecular weight is 368 g/mol. The Morgan fingerprint density at radius 1 is 1.12 bits per heavy atom. The van der Waals surface area contributed by atoms with Crippen molar-refractivity contribution < 1.29 is 18.3 Å². The Labute approximate surface area is 150 Å². The zero-order chi connectivity index (χ0) is 18.8. The quantitative estimate of drug-likeness (QED) is 0.835. The van der Waals surface area contributed by atoms with Gasteiger partial charge in [0.1, 0.15) is 0 Å². The molecule has 1 saturated heterocycles. The Kier molecular flexibility index (Phi) is 6.24. The van der Waals surface area contributed by atoms with Crippen LogP contribution in [0.25, 0.3) is 0 Å². The maximum Gasteiger partial charge on any atom is 0.335 e. The summed E-state index contributed by atoms with van der Waals surface area (Å²) >= 11 is 0. The van der Waals surface area contributed by atoms with Crippen molar-refractivity contribution in [2.75, 3.05) is 32.7 Å². The lowest BCUT2D eigenvalue weighted by Gasteiger charge is -2.35. The third-order valence-corrected chi connectivity index (χ3v) is 6.41. The molecule has 1 N–H and O–H groups in total. The summed E-state index contributed by atoms with van der Waals surface area (Å²) in [6.07, 6.45) is 0. The largest absolute Gasteiger partial charge is 0.478 e. The van der Waals surface area contributed by atoms with E-state index in [1.54, 1.807) is 6.07 Å². The lowest BCUT2D eigenvalue weighted by molar-refractivity contribution is 0.0696. The van der Waals surface area contributed by atoms with Crippen LogP contribution >= 0.6 is 0 Å². The van der Waals surface area contributed by atoms with E-state index < -0.39 is 16.0 Å². The molecule has 0 bridgehead atoms. The SMILES string of the molecule is CC(C)CN1CCN(S(=O)(=O)c2cc(C(=O)O)ccc2C(C)C)CC1. The molecule has 1 aliphatic rings. The normalized spacial score (nSPS) is 17.4. The number of carbonyl (C=O) groups is 1. The highest BCUT2D eigenvalue weighted by Gasteiger charge is 2.31. The molecular weight excluding hydrogens is 340 g/mol. The topological polar surface area (TPSA) is 77.9 Å². The fourth-order valence-corrected chi connectivity index (χ4v) is 4.98. The molecule has 0 unspecified atom stereocenters. The number of hydrogen-bond acceptors (Lipinski definition) is 4.